The van der Waals surface area contributed by atoms with E-state index in [2.05, 4.69) is 0 Å². The summed E-state index contributed by atoms with van der Waals surface area (Å²) in [5.41, 5.74) is 0. The van der Waals surface area contributed by atoms with Crippen LogP contribution in [0.15, 0.2) is 0 Å². The fourth-order valence-corrected chi connectivity index (χ4v) is 0. The maximum atomic E-state index is 0. The van der Waals surface area contributed by atoms with Crippen LogP contribution in [0.25, 0.3) is 0 Å². The molecule has 5 heteroatoms. The predicted octanol–water partition coefficient (Wildman–Crippen LogP) is -0.0125. The van der Waals surface area contributed by atoms with Crippen LogP contribution >= 0.6 is 0 Å². The normalized spacial score (nSPS) is 0. The average molecular weight is 961 g/mol. The fraction of sp³-hybridized carbons (Fsp3) is 0. The molecule has 0 nitrogen and oxygen atoms in total. The van der Waals surface area contributed by atoms with Gasteiger partial charge in [-0.2, -0.15) is 0 Å². The van der Waals surface area contributed by atoms with Crippen LogP contribution in [0.3, 0.4) is 0 Å². The second-order valence-corrected chi connectivity index (χ2v) is 0. The third-order valence-corrected chi connectivity index (χ3v) is 0. The van der Waals surface area contributed by atoms with Gasteiger partial charge < -0.3 is 0 Å². The zero-order valence-electron chi connectivity index (χ0n) is 1.67. The van der Waals surface area contributed by atoms with Gasteiger partial charge in [0, 0.05) is 101 Å². The molecule has 45 valence electrons. The Morgan fingerprint density at radius 3 is 0.200 bits per heavy atom. The summed E-state index contributed by atoms with van der Waals surface area (Å²) >= 11 is 0. The molecule has 0 aliphatic carbocycles. The van der Waals surface area contributed by atoms with Gasteiger partial charge in [-0.1, -0.05) is 0 Å². The minimum Gasteiger partial charge on any atom is 0 e. The Morgan fingerprint density at radius 2 is 0.200 bits per heavy atom. The van der Waals surface area contributed by atoms with Crippen molar-refractivity contribution in [2.75, 3.05) is 0 Å². The first-order chi connectivity index (χ1) is 0. The van der Waals surface area contributed by atoms with E-state index < -0.39 is 0 Å². The molecule has 0 amide bonds. The van der Waals surface area contributed by atoms with Gasteiger partial charge in [0.15, 0.2) is 0 Å². The van der Waals surface area contributed by atoms with Crippen LogP contribution in [0.1, 0.15) is 0 Å². The summed E-state index contributed by atoms with van der Waals surface area (Å²) in [6, 6.07) is 0. The van der Waals surface area contributed by atoms with Crippen molar-refractivity contribution < 1.29 is 101 Å². The van der Waals surface area contributed by atoms with Crippen molar-refractivity contribution in [2.45, 2.75) is 0 Å². The number of hydrogen-bond acceptors (Lipinski definition) is 0. The Labute approximate surface area is 98.8 Å². The van der Waals surface area contributed by atoms with E-state index in [0.29, 0.717) is 0 Å². The molecule has 0 saturated heterocycles. The van der Waals surface area contributed by atoms with Crippen LogP contribution in [0, 0.1) is 0 Å². The topological polar surface area (TPSA) is 0 Å². The first kappa shape index (κ1) is 41.1. The number of hydrogen-bond donors (Lipinski definition) is 0. The Balaban J connectivity index is 0. The first-order valence-electron chi connectivity index (χ1n) is 0. The van der Waals surface area contributed by atoms with E-state index >= 15 is 0 Å². The Bertz CT molecular complexity index is 0. The quantitative estimate of drug-likeness (QED) is 0.321. The van der Waals surface area contributed by atoms with Gasteiger partial charge >= 0.3 is 0 Å². The molecule has 0 atom stereocenters. The molecule has 0 bridgehead atoms. The molecule has 0 aromatic rings. The van der Waals surface area contributed by atoms with Crippen molar-refractivity contribution in [3.05, 3.63) is 0 Å². The Kier molecular flexibility index (Phi) is 220. The molecule has 5 heavy (non-hydrogen) atoms. The van der Waals surface area contributed by atoms with Crippen molar-refractivity contribution >= 4 is 0 Å². The third-order valence-electron chi connectivity index (χ3n) is 0. The molecule has 0 aromatic heterocycles. The van der Waals surface area contributed by atoms with E-state index in [1.54, 1.807) is 0 Å². The van der Waals surface area contributed by atoms with Crippen LogP contribution in [-0.2, 0) is 101 Å². The summed E-state index contributed by atoms with van der Waals surface area (Å²) in [6.45, 7) is 0. The monoisotopic (exact) mass is 965 g/mol. The molecule has 0 saturated carbocycles. The zero-order valence-corrected chi connectivity index (χ0v) is 13.6. The molecule has 0 fully saturated rings. The standard InChI is InChI=1S/5Ir. The van der Waals surface area contributed by atoms with E-state index in [1.807, 2.05) is 0 Å². The van der Waals surface area contributed by atoms with Gasteiger partial charge in [0.2, 0.25) is 0 Å². The molecule has 5 radical (unpaired) electrons. The van der Waals surface area contributed by atoms with Crippen LogP contribution in [-0.4, -0.2) is 0 Å². The van der Waals surface area contributed by atoms with Gasteiger partial charge in [-0.15, -0.1) is 0 Å². The summed E-state index contributed by atoms with van der Waals surface area (Å²) in [7, 11) is 0. The molecule has 0 heterocycles. The molecule has 0 aliphatic rings. The van der Waals surface area contributed by atoms with Gasteiger partial charge in [-0.05, 0) is 0 Å². The molecular formula is Ir5. The van der Waals surface area contributed by atoms with Crippen LogP contribution in [0.4, 0.5) is 0 Å². The van der Waals surface area contributed by atoms with Gasteiger partial charge in [0.25, 0.3) is 0 Å². The molecule has 0 N–H and O–H groups in total. The maximum Gasteiger partial charge on any atom is 0 e. The van der Waals surface area contributed by atoms with Gasteiger partial charge in [0.05, 0.1) is 0 Å². The summed E-state index contributed by atoms with van der Waals surface area (Å²) in [5, 5.41) is 0. The van der Waals surface area contributed by atoms with E-state index in [9.17, 15) is 0 Å². The van der Waals surface area contributed by atoms with Gasteiger partial charge in [-0.3, -0.25) is 0 Å². The predicted molar refractivity (Wildman–Crippen MR) is 0 cm³/mol. The molecule has 0 aliphatic heterocycles. The summed E-state index contributed by atoms with van der Waals surface area (Å²) < 4.78 is 0. The van der Waals surface area contributed by atoms with E-state index in [0.717, 1.165) is 0 Å². The SMILES string of the molecule is [Ir].[Ir].[Ir].[Ir].[Ir]. The average Bonchev–Trinajstić information content (AvgIpc) is 0. The smallest absolute Gasteiger partial charge is 0 e. The minimum absolute atomic E-state index is 0. The van der Waals surface area contributed by atoms with Crippen molar-refractivity contribution in [2.24, 2.45) is 0 Å². The molecule has 0 aromatic carbocycles. The van der Waals surface area contributed by atoms with Crippen molar-refractivity contribution in [3.8, 4) is 0 Å². The van der Waals surface area contributed by atoms with Crippen molar-refractivity contribution in [1.29, 1.82) is 0 Å². The van der Waals surface area contributed by atoms with E-state index in [4.69, 9.17) is 0 Å². The van der Waals surface area contributed by atoms with E-state index in [1.165, 1.54) is 0 Å². The second kappa shape index (κ2) is 26.8. The Morgan fingerprint density at radius 1 is 0.200 bits per heavy atom. The van der Waals surface area contributed by atoms with Crippen LogP contribution < -0.4 is 0 Å². The minimum atomic E-state index is 0. The Hall–Kier alpha value is 3.25. The third kappa shape index (κ3) is 18.9. The van der Waals surface area contributed by atoms with Crippen molar-refractivity contribution in [1.82, 2.24) is 0 Å². The second-order valence-electron chi connectivity index (χ2n) is 0. The summed E-state index contributed by atoms with van der Waals surface area (Å²) in [4.78, 5) is 0. The maximum absolute atomic E-state index is 0. The molecular weight excluding hydrogens is 961 g/mol. The largest absolute Gasteiger partial charge is 0 e. The van der Waals surface area contributed by atoms with E-state index in [-0.39, 0.29) is 101 Å². The first-order valence-corrected chi connectivity index (χ1v) is 0. The van der Waals surface area contributed by atoms with Crippen LogP contribution in [0.2, 0.25) is 0 Å². The van der Waals surface area contributed by atoms with Crippen molar-refractivity contribution in [3.63, 3.8) is 0 Å². The number of rotatable bonds is 0. The zero-order chi connectivity index (χ0) is 0. The molecule has 0 spiro atoms. The summed E-state index contributed by atoms with van der Waals surface area (Å²) in [6.07, 6.45) is 0. The molecule has 0 unspecified atom stereocenters. The fourth-order valence-electron chi connectivity index (χ4n) is 0. The van der Waals surface area contributed by atoms with Gasteiger partial charge in [0.1, 0.15) is 0 Å². The van der Waals surface area contributed by atoms with Crippen LogP contribution in [0.5, 0.6) is 0 Å². The molecule has 0 rings (SSSR count). The summed E-state index contributed by atoms with van der Waals surface area (Å²) in [5.74, 6) is 0. The van der Waals surface area contributed by atoms with Gasteiger partial charge in [-0.25, -0.2) is 0 Å².